The summed E-state index contributed by atoms with van der Waals surface area (Å²) < 4.78 is 0. The molecule has 1 N–H and O–H groups in total. The van der Waals surface area contributed by atoms with E-state index in [-0.39, 0.29) is 5.56 Å². The molecule has 7 aromatic rings. The van der Waals surface area contributed by atoms with Crippen molar-refractivity contribution >= 4 is 54.0 Å². The minimum Gasteiger partial charge on any atom is -0.321 e. The molecule has 1 aromatic heterocycles. The number of hydrogen-bond donors (Lipinski definition) is 1. The van der Waals surface area contributed by atoms with Gasteiger partial charge in [0.15, 0.2) is 0 Å². The number of rotatable bonds is 1. The molecule has 2 nitrogen and oxygen atoms in total. The van der Waals surface area contributed by atoms with Gasteiger partial charge in [-0.15, -0.1) is 0 Å². The fraction of sp³-hybridized carbons (Fsp3) is 0. The maximum Gasteiger partial charge on any atom is 0.256 e. The first-order valence-corrected chi connectivity index (χ1v) is 11.2. The number of fused-ring (bicyclic) bond motifs is 7. The number of aromatic nitrogens is 1. The van der Waals surface area contributed by atoms with E-state index in [0.717, 1.165) is 32.8 Å². The van der Waals surface area contributed by atoms with Gasteiger partial charge in [0.05, 0.1) is 0 Å². The third-order valence-electron chi connectivity index (χ3n) is 6.78. The van der Waals surface area contributed by atoms with Crippen LogP contribution in [0.4, 0.5) is 0 Å². The lowest BCUT2D eigenvalue weighted by atomic mass is 9.92. The average Bonchev–Trinajstić information content (AvgIpc) is 2.87. The van der Waals surface area contributed by atoms with Crippen molar-refractivity contribution in [3.63, 3.8) is 0 Å². The van der Waals surface area contributed by atoms with E-state index in [1.807, 2.05) is 24.3 Å². The van der Waals surface area contributed by atoms with Crippen molar-refractivity contribution in [3.05, 3.63) is 120 Å². The van der Waals surface area contributed by atoms with Crippen LogP contribution < -0.4 is 5.56 Å². The van der Waals surface area contributed by atoms with Gasteiger partial charge >= 0.3 is 0 Å². The van der Waals surface area contributed by atoms with Crippen LogP contribution in [-0.2, 0) is 0 Å². The van der Waals surface area contributed by atoms with Gasteiger partial charge in [0, 0.05) is 16.3 Å². The molecule has 0 bridgehead atoms. The van der Waals surface area contributed by atoms with Gasteiger partial charge in [-0.3, -0.25) is 4.79 Å². The predicted octanol–water partition coefficient (Wildman–Crippen LogP) is 7.81. The summed E-state index contributed by atoms with van der Waals surface area (Å²) in [5, 5.41) is 10.2. The highest BCUT2D eigenvalue weighted by Crippen LogP contribution is 2.36. The molecule has 0 unspecified atom stereocenters. The Morgan fingerprint density at radius 2 is 1.18 bits per heavy atom. The maximum absolute atomic E-state index is 12.9. The van der Waals surface area contributed by atoms with Crippen LogP contribution in [0, 0.1) is 0 Å². The van der Waals surface area contributed by atoms with Crippen LogP contribution in [0.5, 0.6) is 0 Å². The molecule has 0 atom stereocenters. The summed E-state index contributed by atoms with van der Waals surface area (Å²) in [7, 11) is 0. The summed E-state index contributed by atoms with van der Waals surface area (Å²) in [6.07, 6.45) is 0. The number of nitrogens with one attached hydrogen (secondary N) is 1. The predicted molar refractivity (Wildman–Crippen MR) is 140 cm³/mol. The number of benzene rings is 6. The molecule has 1 heterocycles. The van der Waals surface area contributed by atoms with E-state index in [2.05, 4.69) is 89.9 Å². The van der Waals surface area contributed by atoms with Gasteiger partial charge in [0.25, 0.3) is 5.56 Å². The minimum absolute atomic E-state index is 0.0530. The molecule has 0 aliphatic heterocycles. The van der Waals surface area contributed by atoms with Crippen LogP contribution in [0.25, 0.3) is 65.1 Å². The van der Waals surface area contributed by atoms with Gasteiger partial charge in [-0.1, -0.05) is 84.9 Å². The van der Waals surface area contributed by atoms with Gasteiger partial charge in [0.1, 0.15) is 0 Å². The van der Waals surface area contributed by atoms with Gasteiger partial charge < -0.3 is 4.98 Å². The van der Waals surface area contributed by atoms with Crippen molar-refractivity contribution in [2.75, 3.05) is 0 Å². The third kappa shape index (κ3) is 2.71. The van der Waals surface area contributed by atoms with E-state index in [4.69, 9.17) is 0 Å². The van der Waals surface area contributed by atoms with Gasteiger partial charge in [-0.05, 0) is 73.1 Å². The van der Waals surface area contributed by atoms with Crippen molar-refractivity contribution in [3.8, 4) is 11.1 Å². The second-order valence-corrected chi connectivity index (χ2v) is 8.65. The Hall–Kier alpha value is -4.43. The largest absolute Gasteiger partial charge is 0.321 e. The summed E-state index contributed by atoms with van der Waals surface area (Å²) in [6, 6.07) is 38.1. The lowest BCUT2D eigenvalue weighted by Gasteiger charge is -2.12. The number of para-hydroxylation sites is 1. The summed E-state index contributed by atoms with van der Waals surface area (Å²) >= 11 is 0. The standard InChI is InChI=1S/C31H19NO/c33-31-29-18-22(13-15-26(29)27-8-3-4-11-30(27)32-31)23-9-5-10-24-25(23)14-12-21-16-19-6-1-2-7-20(19)17-28(21)24/h1-18H,(H,32,33). The molecular weight excluding hydrogens is 402 g/mol. The molecule has 0 aliphatic carbocycles. The molecule has 0 saturated heterocycles. The zero-order valence-corrected chi connectivity index (χ0v) is 17.8. The smallest absolute Gasteiger partial charge is 0.256 e. The summed E-state index contributed by atoms with van der Waals surface area (Å²) in [5.74, 6) is 0. The van der Waals surface area contributed by atoms with Crippen molar-refractivity contribution in [2.24, 2.45) is 0 Å². The summed E-state index contributed by atoms with van der Waals surface area (Å²) in [4.78, 5) is 15.9. The zero-order chi connectivity index (χ0) is 21.9. The first kappa shape index (κ1) is 18.2. The molecule has 0 spiro atoms. The quantitative estimate of drug-likeness (QED) is 0.213. The molecule has 0 amide bonds. The number of H-pyrrole nitrogens is 1. The van der Waals surface area contributed by atoms with E-state index in [1.165, 1.54) is 32.3 Å². The number of aromatic amines is 1. The van der Waals surface area contributed by atoms with Crippen LogP contribution in [0.2, 0.25) is 0 Å². The fourth-order valence-corrected chi connectivity index (χ4v) is 5.18. The number of pyridine rings is 1. The SMILES string of the molecule is O=c1[nH]c2ccccc2c2ccc(-c3cccc4c3ccc3cc5ccccc5cc34)cc12. The highest BCUT2D eigenvalue weighted by molar-refractivity contribution is 6.16. The minimum atomic E-state index is -0.0530. The van der Waals surface area contributed by atoms with Crippen molar-refractivity contribution in [1.82, 2.24) is 4.98 Å². The Morgan fingerprint density at radius 3 is 2.09 bits per heavy atom. The zero-order valence-electron chi connectivity index (χ0n) is 17.8. The van der Waals surface area contributed by atoms with Crippen LogP contribution in [-0.4, -0.2) is 4.98 Å². The Balaban J connectivity index is 1.52. The molecular formula is C31H19NO. The molecule has 0 aliphatic rings. The van der Waals surface area contributed by atoms with Crippen molar-refractivity contribution in [1.29, 1.82) is 0 Å². The van der Waals surface area contributed by atoms with Crippen LogP contribution in [0.15, 0.2) is 114 Å². The van der Waals surface area contributed by atoms with E-state index in [0.29, 0.717) is 0 Å². The van der Waals surface area contributed by atoms with Gasteiger partial charge in [-0.25, -0.2) is 0 Å². The van der Waals surface area contributed by atoms with Crippen molar-refractivity contribution < 1.29 is 0 Å². The molecule has 154 valence electrons. The Kier molecular flexibility index (Phi) is 3.73. The number of hydrogen-bond acceptors (Lipinski definition) is 1. The molecule has 0 fully saturated rings. The van der Waals surface area contributed by atoms with E-state index >= 15 is 0 Å². The topological polar surface area (TPSA) is 32.9 Å². The monoisotopic (exact) mass is 421 g/mol. The highest BCUT2D eigenvalue weighted by Gasteiger charge is 2.11. The molecule has 0 saturated carbocycles. The Labute approximate surface area is 189 Å². The average molecular weight is 421 g/mol. The van der Waals surface area contributed by atoms with E-state index in [1.54, 1.807) is 0 Å². The molecule has 0 radical (unpaired) electrons. The molecule has 2 heteroatoms. The van der Waals surface area contributed by atoms with Crippen LogP contribution in [0.3, 0.4) is 0 Å². The Morgan fingerprint density at radius 1 is 0.455 bits per heavy atom. The van der Waals surface area contributed by atoms with Crippen LogP contribution in [0.1, 0.15) is 0 Å². The second kappa shape index (κ2) is 6.78. The van der Waals surface area contributed by atoms with E-state index < -0.39 is 0 Å². The molecule has 7 rings (SSSR count). The lowest BCUT2D eigenvalue weighted by molar-refractivity contribution is 1.34. The second-order valence-electron chi connectivity index (χ2n) is 8.65. The Bertz CT molecular complexity index is 1950. The highest BCUT2D eigenvalue weighted by atomic mass is 16.1. The normalized spacial score (nSPS) is 11.8. The van der Waals surface area contributed by atoms with Crippen molar-refractivity contribution in [2.45, 2.75) is 0 Å². The van der Waals surface area contributed by atoms with E-state index in [9.17, 15) is 4.79 Å². The molecule has 6 aromatic carbocycles. The van der Waals surface area contributed by atoms with Crippen LogP contribution >= 0.6 is 0 Å². The first-order valence-electron chi connectivity index (χ1n) is 11.2. The van der Waals surface area contributed by atoms with Gasteiger partial charge in [0.2, 0.25) is 0 Å². The summed E-state index contributed by atoms with van der Waals surface area (Å²) in [6.45, 7) is 0. The fourth-order valence-electron chi connectivity index (χ4n) is 5.18. The third-order valence-corrected chi connectivity index (χ3v) is 6.78. The lowest BCUT2D eigenvalue weighted by Crippen LogP contribution is -2.06. The maximum atomic E-state index is 12.9. The first-order chi connectivity index (χ1) is 16.3. The summed E-state index contributed by atoms with van der Waals surface area (Å²) in [5.41, 5.74) is 3.00. The molecule has 33 heavy (non-hydrogen) atoms. The van der Waals surface area contributed by atoms with Gasteiger partial charge in [-0.2, -0.15) is 0 Å².